The van der Waals surface area contributed by atoms with Crippen molar-refractivity contribution in [1.29, 1.82) is 0 Å². The van der Waals surface area contributed by atoms with Gasteiger partial charge in [-0.1, -0.05) is 23.5 Å². The van der Waals surface area contributed by atoms with E-state index in [4.69, 9.17) is 4.74 Å². The molecule has 1 atom stereocenters. The molecule has 0 bridgehead atoms. The van der Waals surface area contributed by atoms with Crippen LogP contribution in [0, 0.1) is 0 Å². The Morgan fingerprint density at radius 1 is 1.21 bits per heavy atom. The van der Waals surface area contributed by atoms with E-state index in [1.165, 1.54) is 23.2 Å². The third-order valence-corrected chi connectivity index (χ3v) is 5.26. The molecule has 0 saturated heterocycles. The number of carbonyl (C=O) groups is 3. The van der Waals surface area contributed by atoms with Crippen molar-refractivity contribution in [2.24, 2.45) is 0 Å². The Balaban J connectivity index is 1.51. The van der Waals surface area contributed by atoms with Crippen LogP contribution in [0.25, 0.3) is 10.2 Å². The minimum absolute atomic E-state index is 0.124. The van der Waals surface area contributed by atoms with Gasteiger partial charge in [0.05, 0.1) is 15.9 Å². The smallest absolute Gasteiger partial charge is 0.268 e. The van der Waals surface area contributed by atoms with Crippen LogP contribution in [0.1, 0.15) is 13.8 Å². The van der Waals surface area contributed by atoms with E-state index in [-0.39, 0.29) is 24.3 Å². The SMILES string of the molecule is CC(=O)Nc1nc2ccc(NC(=O)CN3C(=O)C(C)Oc4ccccc43)cc2s1. The summed E-state index contributed by atoms with van der Waals surface area (Å²) in [6.07, 6.45) is -0.654. The number of fused-ring (bicyclic) bond motifs is 2. The van der Waals surface area contributed by atoms with Crippen LogP contribution in [0.15, 0.2) is 42.5 Å². The number of ether oxygens (including phenoxy) is 1. The average molecular weight is 410 g/mol. The summed E-state index contributed by atoms with van der Waals surface area (Å²) in [5.41, 5.74) is 1.88. The van der Waals surface area contributed by atoms with Crippen molar-refractivity contribution in [3.8, 4) is 5.75 Å². The molecule has 2 aromatic carbocycles. The number of amides is 3. The van der Waals surface area contributed by atoms with Gasteiger partial charge in [-0.3, -0.25) is 19.3 Å². The Bertz CT molecular complexity index is 1130. The van der Waals surface area contributed by atoms with E-state index in [1.807, 2.05) is 6.07 Å². The van der Waals surface area contributed by atoms with Crippen molar-refractivity contribution >= 4 is 55.8 Å². The number of hydrogen-bond acceptors (Lipinski definition) is 6. The predicted molar refractivity (Wildman–Crippen MR) is 111 cm³/mol. The molecule has 1 aliphatic rings. The standard InChI is InChI=1S/C20H18N4O4S/c1-11-19(27)24(15-5-3-4-6-16(15)28-11)10-18(26)22-13-7-8-14-17(9-13)29-20(23-14)21-12(2)25/h3-9,11H,10H2,1-2H3,(H,22,26)(H,21,23,25). The molecule has 0 aliphatic carbocycles. The summed E-state index contributed by atoms with van der Waals surface area (Å²) >= 11 is 1.32. The molecule has 1 aromatic heterocycles. The van der Waals surface area contributed by atoms with Crippen LogP contribution >= 0.6 is 11.3 Å². The summed E-state index contributed by atoms with van der Waals surface area (Å²) in [5, 5.41) is 5.97. The Kier molecular flexibility index (Phi) is 4.89. The fourth-order valence-corrected chi connectivity index (χ4v) is 4.02. The van der Waals surface area contributed by atoms with E-state index in [1.54, 1.807) is 43.3 Å². The van der Waals surface area contributed by atoms with E-state index in [9.17, 15) is 14.4 Å². The summed E-state index contributed by atoms with van der Waals surface area (Å²) in [6.45, 7) is 2.96. The minimum Gasteiger partial charge on any atom is -0.479 e. The highest BCUT2D eigenvalue weighted by Gasteiger charge is 2.32. The first kappa shape index (κ1) is 18.9. The molecule has 148 valence electrons. The maximum atomic E-state index is 12.6. The zero-order valence-electron chi connectivity index (χ0n) is 15.8. The monoisotopic (exact) mass is 410 g/mol. The predicted octanol–water partition coefficient (Wildman–Crippen LogP) is 3.01. The van der Waals surface area contributed by atoms with Crippen molar-refractivity contribution in [3.63, 3.8) is 0 Å². The molecule has 0 spiro atoms. The number of anilines is 3. The van der Waals surface area contributed by atoms with Gasteiger partial charge in [0.25, 0.3) is 5.91 Å². The van der Waals surface area contributed by atoms with Crippen LogP contribution in [0.2, 0.25) is 0 Å². The molecule has 0 radical (unpaired) electrons. The number of aromatic nitrogens is 1. The molecule has 1 unspecified atom stereocenters. The molecular weight excluding hydrogens is 392 g/mol. The van der Waals surface area contributed by atoms with E-state index in [2.05, 4.69) is 15.6 Å². The molecule has 9 heteroatoms. The Labute approximate surface area is 170 Å². The minimum atomic E-state index is -0.654. The lowest BCUT2D eigenvalue weighted by molar-refractivity contribution is -0.127. The molecule has 29 heavy (non-hydrogen) atoms. The summed E-state index contributed by atoms with van der Waals surface area (Å²) < 4.78 is 6.42. The molecular formula is C20H18N4O4S. The van der Waals surface area contributed by atoms with Gasteiger partial charge < -0.3 is 15.4 Å². The second-order valence-corrected chi connectivity index (χ2v) is 7.61. The van der Waals surface area contributed by atoms with Crippen molar-refractivity contribution in [1.82, 2.24) is 4.98 Å². The topological polar surface area (TPSA) is 101 Å². The summed E-state index contributed by atoms with van der Waals surface area (Å²) in [6, 6.07) is 12.4. The maximum Gasteiger partial charge on any atom is 0.268 e. The molecule has 1 aliphatic heterocycles. The number of hydrogen-bond donors (Lipinski definition) is 2. The summed E-state index contributed by atoms with van der Waals surface area (Å²) in [5.74, 6) is -0.212. The van der Waals surface area contributed by atoms with Crippen molar-refractivity contribution in [2.45, 2.75) is 20.0 Å². The zero-order chi connectivity index (χ0) is 20.5. The first-order valence-corrected chi connectivity index (χ1v) is 9.77. The molecule has 3 amide bonds. The quantitative estimate of drug-likeness (QED) is 0.689. The van der Waals surface area contributed by atoms with Gasteiger partial charge in [-0.2, -0.15) is 0 Å². The Morgan fingerprint density at radius 3 is 2.79 bits per heavy atom. The van der Waals surface area contributed by atoms with E-state index in [0.717, 1.165) is 10.2 Å². The third-order valence-electron chi connectivity index (χ3n) is 4.33. The number of nitrogens with one attached hydrogen (secondary N) is 2. The Hall–Kier alpha value is -3.46. The fraction of sp³-hybridized carbons (Fsp3) is 0.200. The highest BCUT2D eigenvalue weighted by molar-refractivity contribution is 7.22. The molecule has 3 aromatic rings. The molecule has 0 saturated carbocycles. The lowest BCUT2D eigenvalue weighted by Gasteiger charge is -2.32. The number of para-hydroxylation sites is 2. The van der Waals surface area contributed by atoms with E-state index < -0.39 is 6.10 Å². The number of thiazole rings is 1. The lowest BCUT2D eigenvalue weighted by atomic mass is 10.2. The van der Waals surface area contributed by atoms with Gasteiger partial charge in [0.2, 0.25) is 11.8 Å². The molecule has 2 heterocycles. The first-order valence-electron chi connectivity index (χ1n) is 8.96. The first-order chi connectivity index (χ1) is 13.9. The molecule has 2 N–H and O–H groups in total. The van der Waals surface area contributed by atoms with Gasteiger partial charge in [-0.25, -0.2) is 4.98 Å². The number of rotatable bonds is 4. The van der Waals surface area contributed by atoms with Crippen LogP contribution in [0.4, 0.5) is 16.5 Å². The van der Waals surface area contributed by atoms with Gasteiger partial charge in [0.1, 0.15) is 12.3 Å². The van der Waals surface area contributed by atoms with Crippen molar-refractivity contribution in [2.75, 3.05) is 22.1 Å². The highest BCUT2D eigenvalue weighted by atomic mass is 32.1. The second-order valence-electron chi connectivity index (χ2n) is 6.58. The van der Waals surface area contributed by atoms with E-state index >= 15 is 0 Å². The largest absolute Gasteiger partial charge is 0.479 e. The van der Waals surface area contributed by atoms with Gasteiger partial charge >= 0.3 is 0 Å². The van der Waals surface area contributed by atoms with Gasteiger partial charge in [0, 0.05) is 12.6 Å². The number of benzene rings is 2. The van der Waals surface area contributed by atoms with Crippen LogP contribution in [-0.4, -0.2) is 35.4 Å². The zero-order valence-corrected chi connectivity index (χ0v) is 16.6. The highest BCUT2D eigenvalue weighted by Crippen LogP contribution is 2.33. The number of carbonyl (C=O) groups excluding carboxylic acids is 3. The van der Waals surface area contributed by atoms with Crippen molar-refractivity contribution in [3.05, 3.63) is 42.5 Å². The fourth-order valence-electron chi connectivity index (χ4n) is 3.07. The summed E-state index contributed by atoms with van der Waals surface area (Å²) in [4.78, 5) is 42.1. The van der Waals surface area contributed by atoms with Crippen molar-refractivity contribution < 1.29 is 19.1 Å². The van der Waals surface area contributed by atoms with Gasteiger partial charge in [-0.05, 0) is 37.3 Å². The molecule has 4 rings (SSSR count). The van der Waals surface area contributed by atoms with Crippen LogP contribution in [0.5, 0.6) is 5.75 Å². The van der Waals surface area contributed by atoms with Gasteiger partial charge in [0.15, 0.2) is 11.2 Å². The number of nitrogens with zero attached hydrogens (tertiary/aromatic N) is 2. The van der Waals surface area contributed by atoms with E-state index in [0.29, 0.717) is 22.3 Å². The second kappa shape index (κ2) is 7.51. The molecule has 8 nitrogen and oxygen atoms in total. The summed E-state index contributed by atoms with van der Waals surface area (Å²) in [7, 11) is 0. The van der Waals surface area contributed by atoms with Gasteiger partial charge in [-0.15, -0.1) is 0 Å². The lowest BCUT2D eigenvalue weighted by Crippen LogP contribution is -2.47. The molecule has 0 fully saturated rings. The normalized spacial score (nSPS) is 15.6. The Morgan fingerprint density at radius 2 is 2.00 bits per heavy atom. The maximum absolute atomic E-state index is 12.6. The van der Waals surface area contributed by atoms with Crippen LogP contribution in [0.3, 0.4) is 0 Å². The average Bonchev–Trinajstić information content (AvgIpc) is 3.06. The third kappa shape index (κ3) is 3.90. The van der Waals surface area contributed by atoms with Crippen LogP contribution < -0.4 is 20.3 Å². The van der Waals surface area contributed by atoms with Crippen LogP contribution in [-0.2, 0) is 14.4 Å².